The van der Waals surface area contributed by atoms with E-state index < -0.39 is 29.4 Å². The van der Waals surface area contributed by atoms with Crippen molar-refractivity contribution in [3.05, 3.63) is 70.8 Å². The second-order valence-electron chi connectivity index (χ2n) is 8.16. The molecule has 0 unspecified atom stereocenters. The highest BCUT2D eigenvalue weighted by molar-refractivity contribution is 5.67. The van der Waals surface area contributed by atoms with Gasteiger partial charge >= 0.3 is 18.3 Å². The van der Waals surface area contributed by atoms with Gasteiger partial charge in [-0.15, -0.1) is 0 Å². The average molecular weight is 459 g/mol. The summed E-state index contributed by atoms with van der Waals surface area (Å²) in [6.45, 7) is 2.31. The molecular formula is C23H23F6NO2. The molecule has 0 spiro atoms. The summed E-state index contributed by atoms with van der Waals surface area (Å²) >= 11 is 0. The molecular weight excluding hydrogens is 436 g/mol. The zero-order valence-corrected chi connectivity index (χ0v) is 17.2. The van der Waals surface area contributed by atoms with E-state index in [1.807, 2.05) is 11.8 Å². The number of halogens is 6. The van der Waals surface area contributed by atoms with Crippen molar-refractivity contribution in [1.29, 1.82) is 0 Å². The Labute approximate surface area is 181 Å². The highest BCUT2D eigenvalue weighted by Gasteiger charge is 2.36. The van der Waals surface area contributed by atoms with E-state index >= 15 is 0 Å². The van der Waals surface area contributed by atoms with E-state index in [1.165, 1.54) is 24.3 Å². The SMILES string of the molecule is C[C@H](c1ccc(C(F)(F)F)cc1)N1CC[C@@H](CC(=O)O)C[C@H]1c1ccc(C(F)(F)F)cc1. The quantitative estimate of drug-likeness (QED) is 0.505. The number of likely N-dealkylation sites (tertiary alicyclic amines) is 1. The van der Waals surface area contributed by atoms with Gasteiger partial charge in [0.2, 0.25) is 0 Å². The van der Waals surface area contributed by atoms with Crippen molar-refractivity contribution < 1.29 is 36.2 Å². The van der Waals surface area contributed by atoms with E-state index in [0.717, 1.165) is 24.3 Å². The lowest BCUT2D eigenvalue weighted by Crippen LogP contribution is -2.39. The predicted molar refractivity (Wildman–Crippen MR) is 106 cm³/mol. The lowest BCUT2D eigenvalue weighted by Gasteiger charge is -2.43. The maximum atomic E-state index is 13.0. The monoisotopic (exact) mass is 459 g/mol. The van der Waals surface area contributed by atoms with Gasteiger partial charge in [-0.25, -0.2) is 0 Å². The number of piperidine rings is 1. The van der Waals surface area contributed by atoms with Gasteiger partial charge in [0, 0.05) is 18.5 Å². The van der Waals surface area contributed by atoms with Crippen LogP contribution in [0.1, 0.15) is 60.5 Å². The van der Waals surface area contributed by atoms with Crippen LogP contribution in [0.15, 0.2) is 48.5 Å². The molecule has 1 heterocycles. The van der Waals surface area contributed by atoms with Crippen LogP contribution in [0.2, 0.25) is 0 Å². The fourth-order valence-corrected chi connectivity index (χ4v) is 4.32. The number of carbonyl (C=O) groups is 1. The van der Waals surface area contributed by atoms with Crippen LogP contribution in [0.4, 0.5) is 26.3 Å². The molecule has 1 saturated heterocycles. The maximum absolute atomic E-state index is 13.0. The molecule has 1 aliphatic heterocycles. The Morgan fingerprint density at radius 1 is 0.969 bits per heavy atom. The van der Waals surface area contributed by atoms with Gasteiger partial charge < -0.3 is 5.11 Å². The molecule has 2 aromatic carbocycles. The van der Waals surface area contributed by atoms with Crippen molar-refractivity contribution in [2.75, 3.05) is 6.54 Å². The standard InChI is InChI=1S/C23H23F6NO2/c1-14(16-2-6-18(7-3-16)22(24,25)26)30-11-10-15(13-21(31)32)12-20(30)17-4-8-19(9-5-17)23(27,28)29/h2-9,14-15,20H,10-13H2,1H3,(H,31,32)/t14-,15-,20+/m1/s1. The molecule has 1 N–H and O–H groups in total. The number of benzene rings is 2. The van der Waals surface area contributed by atoms with Gasteiger partial charge in [0.05, 0.1) is 11.1 Å². The number of nitrogens with zero attached hydrogens (tertiary/aromatic N) is 1. The third kappa shape index (κ3) is 5.62. The molecule has 0 bridgehead atoms. The predicted octanol–water partition coefficient (Wildman–Crippen LogP) is 6.71. The molecule has 0 aromatic heterocycles. The van der Waals surface area contributed by atoms with Crippen LogP contribution in [-0.4, -0.2) is 22.5 Å². The fourth-order valence-electron chi connectivity index (χ4n) is 4.32. The molecule has 0 aliphatic carbocycles. The molecule has 2 aromatic rings. The van der Waals surface area contributed by atoms with E-state index in [1.54, 1.807) is 0 Å². The Balaban J connectivity index is 1.89. The first-order valence-corrected chi connectivity index (χ1v) is 10.2. The van der Waals surface area contributed by atoms with Crippen molar-refractivity contribution in [3.63, 3.8) is 0 Å². The van der Waals surface area contributed by atoms with Gasteiger partial charge in [0.15, 0.2) is 0 Å². The number of aliphatic carboxylic acids is 1. The van der Waals surface area contributed by atoms with Crippen LogP contribution in [0.5, 0.6) is 0 Å². The molecule has 174 valence electrons. The Morgan fingerprint density at radius 2 is 1.47 bits per heavy atom. The Kier molecular flexibility index (Phi) is 6.88. The number of rotatable bonds is 5. The molecule has 0 radical (unpaired) electrons. The normalized spacial score (nSPS) is 21.3. The Hall–Kier alpha value is -2.55. The lowest BCUT2D eigenvalue weighted by molar-refractivity contribution is -0.139. The summed E-state index contributed by atoms with van der Waals surface area (Å²) < 4.78 is 77.5. The largest absolute Gasteiger partial charge is 0.481 e. The molecule has 3 atom stereocenters. The first-order valence-electron chi connectivity index (χ1n) is 10.2. The van der Waals surface area contributed by atoms with Crippen molar-refractivity contribution in [2.45, 2.75) is 50.6 Å². The summed E-state index contributed by atoms with van der Waals surface area (Å²) in [5.41, 5.74) is -0.271. The van der Waals surface area contributed by atoms with Crippen LogP contribution in [0.25, 0.3) is 0 Å². The number of carboxylic acids is 1. The molecule has 1 aliphatic rings. The zero-order chi connectivity index (χ0) is 23.7. The Bertz CT molecular complexity index is 921. The van der Waals surface area contributed by atoms with Crippen LogP contribution < -0.4 is 0 Å². The number of hydrogen-bond donors (Lipinski definition) is 1. The van der Waals surface area contributed by atoms with E-state index in [2.05, 4.69) is 0 Å². The molecule has 1 fully saturated rings. The second kappa shape index (κ2) is 9.13. The molecule has 32 heavy (non-hydrogen) atoms. The van der Waals surface area contributed by atoms with Crippen molar-refractivity contribution >= 4 is 5.97 Å². The van der Waals surface area contributed by atoms with Crippen molar-refractivity contribution in [3.8, 4) is 0 Å². The molecule has 9 heteroatoms. The minimum atomic E-state index is -4.47. The summed E-state index contributed by atoms with van der Waals surface area (Å²) in [6.07, 6.45) is -7.94. The third-order valence-electron chi connectivity index (χ3n) is 6.06. The Morgan fingerprint density at radius 3 is 1.94 bits per heavy atom. The van der Waals surface area contributed by atoms with Gasteiger partial charge in [0.25, 0.3) is 0 Å². The summed E-state index contributed by atoms with van der Waals surface area (Å²) in [5, 5.41) is 9.16. The van der Waals surface area contributed by atoms with Crippen LogP contribution in [0, 0.1) is 5.92 Å². The highest BCUT2D eigenvalue weighted by Crippen LogP contribution is 2.42. The van der Waals surface area contributed by atoms with Gasteiger partial charge in [-0.05, 0) is 67.6 Å². The van der Waals surface area contributed by atoms with E-state index in [4.69, 9.17) is 5.11 Å². The number of carboxylic acid groups (broad SMARTS) is 1. The maximum Gasteiger partial charge on any atom is 0.416 e. The minimum absolute atomic E-state index is 0.0420. The lowest BCUT2D eigenvalue weighted by atomic mass is 9.83. The van der Waals surface area contributed by atoms with Gasteiger partial charge in [-0.3, -0.25) is 9.69 Å². The van der Waals surface area contributed by atoms with Gasteiger partial charge in [-0.2, -0.15) is 26.3 Å². The highest BCUT2D eigenvalue weighted by atomic mass is 19.4. The first kappa shape index (κ1) is 24.1. The summed E-state index contributed by atoms with van der Waals surface area (Å²) in [5.74, 6) is -1.08. The van der Waals surface area contributed by atoms with Crippen LogP contribution in [-0.2, 0) is 17.1 Å². The molecule has 3 rings (SSSR count). The smallest absolute Gasteiger partial charge is 0.416 e. The van der Waals surface area contributed by atoms with Crippen LogP contribution in [0.3, 0.4) is 0 Å². The summed E-state index contributed by atoms with van der Waals surface area (Å²) in [6, 6.07) is 8.94. The molecule has 0 saturated carbocycles. The fraction of sp³-hybridized carbons (Fsp3) is 0.435. The average Bonchev–Trinajstić information content (AvgIpc) is 2.72. The van der Waals surface area contributed by atoms with Gasteiger partial charge in [-0.1, -0.05) is 24.3 Å². The number of hydrogen-bond acceptors (Lipinski definition) is 2. The topological polar surface area (TPSA) is 40.5 Å². The summed E-state index contributed by atoms with van der Waals surface area (Å²) in [7, 11) is 0. The van der Waals surface area contributed by atoms with Crippen molar-refractivity contribution in [2.24, 2.45) is 5.92 Å². The third-order valence-corrected chi connectivity index (χ3v) is 6.06. The number of alkyl halides is 6. The zero-order valence-electron chi connectivity index (χ0n) is 17.2. The molecule has 0 amide bonds. The first-order chi connectivity index (χ1) is 14.9. The molecule has 3 nitrogen and oxygen atoms in total. The summed E-state index contributed by atoms with van der Waals surface area (Å²) in [4.78, 5) is 13.2. The minimum Gasteiger partial charge on any atom is -0.481 e. The van der Waals surface area contributed by atoms with Crippen LogP contribution >= 0.6 is 0 Å². The van der Waals surface area contributed by atoms with Crippen molar-refractivity contribution in [1.82, 2.24) is 4.90 Å². The van der Waals surface area contributed by atoms with Gasteiger partial charge in [0.1, 0.15) is 0 Å². The second-order valence-corrected chi connectivity index (χ2v) is 8.16. The van der Waals surface area contributed by atoms with E-state index in [9.17, 15) is 31.1 Å². The van der Waals surface area contributed by atoms with E-state index in [-0.39, 0.29) is 24.4 Å². The van der Waals surface area contributed by atoms with E-state index in [0.29, 0.717) is 30.5 Å².